The van der Waals surface area contributed by atoms with Crippen molar-refractivity contribution in [3.8, 4) is 6.07 Å². The van der Waals surface area contributed by atoms with Crippen LogP contribution in [0.1, 0.15) is 41.0 Å². The van der Waals surface area contributed by atoms with Gasteiger partial charge in [-0.05, 0) is 32.1 Å². The molecule has 1 aliphatic heterocycles. The Hall–Kier alpha value is -1.12. The van der Waals surface area contributed by atoms with Gasteiger partial charge in [-0.1, -0.05) is 20.8 Å². The van der Waals surface area contributed by atoms with Crippen LogP contribution in [0.2, 0.25) is 0 Å². The minimum absolute atomic E-state index is 0.00563. The summed E-state index contributed by atoms with van der Waals surface area (Å²) in [6.45, 7) is 10.4. The zero-order valence-corrected chi connectivity index (χ0v) is 13.9. The molecule has 3 unspecified atom stereocenters. The zero-order chi connectivity index (χ0) is 16.2. The molecule has 0 aromatic rings. The van der Waals surface area contributed by atoms with Gasteiger partial charge in [-0.15, -0.1) is 0 Å². The van der Waals surface area contributed by atoms with Crippen molar-refractivity contribution in [1.29, 1.82) is 5.26 Å². The van der Waals surface area contributed by atoms with Gasteiger partial charge in [-0.2, -0.15) is 5.26 Å². The molecule has 1 aliphatic rings. The molecule has 21 heavy (non-hydrogen) atoms. The average molecular weight is 297 g/mol. The Morgan fingerprint density at radius 2 is 2.00 bits per heavy atom. The van der Waals surface area contributed by atoms with E-state index in [9.17, 15) is 10.1 Å². The predicted octanol–water partition coefficient (Wildman–Crippen LogP) is 2.75. The van der Waals surface area contributed by atoms with E-state index in [4.69, 9.17) is 14.2 Å². The maximum atomic E-state index is 12.5. The molecule has 5 nitrogen and oxygen atoms in total. The number of nitrogens with zero attached hydrogens (tertiary/aromatic N) is 1. The number of rotatable bonds is 8. The molecular formula is C16H27NO4. The molecule has 0 aliphatic carbocycles. The van der Waals surface area contributed by atoms with E-state index in [1.807, 2.05) is 13.8 Å². The molecule has 0 aromatic heterocycles. The number of carbonyl (C=O) groups is 1. The minimum Gasteiger partial charge on any atom is -0.469 e. The number of methoxy groups -OCH3 is 1. The van der Waals surface area contributed by atoms with E-state index in [-0.39, 0.29) is 30.2 Å². The number of nitriles is 1. The Morgan fingerprint density at radius 3 is 2.43 bits per heavy atom. The molecule has 1 rings (SSSR count). The number of hydrogen-bond acceptors (Lipinski definition) is 5. The Bertz CT molecular complexity index is 404. The highest BCUT2D eigenvalue weighted by Crippen LogP contribution is 2.48. The number of epoxide rings is 1. The van der Waals surface area contributed by atoms with E-state index in [1.165, 1.54) is 7.11 Å². The van der Waals surface area contributed by atoms with Gasteiger partial charge in [-0.25, -0.2) is 0 Å². The van der Waals surface area contributed by atoms with Gasteiger partial charge in [0, 0.05) is 6.61 Å². The van der Waals surface area contributed by atoms with E-state index in [1.54, 1.807) is 6.92 Å². The van der Waals surface area contributed by atoms with Crippen LogP contribution in [0.25, 0.3) is 0 Å². The zero-order valence-electron chi connectivity index (χ0n) is 13.9. The monoisotopic (exact) mass is 297 g/mol. The molecule has 0 spiro atoms. The summed E-state index contributed by atoms with van der Waals surface area (Å²) in [4.78, 5) is 12.5. The fraction of sp³-hybridized carbons (Fsp3) is 0.875. The standard InChI is InChI=1S/C16H27NO4/c1-7-20-14-13(21-14)8-16(11(4)9-17,15(18)19-6)12(5)10(2)3/h10-14H,7-8H2,1-6H3/t11-,12+,13?,14?,16?/m1/s1. The first kappa shape index (κ1) is 17.9. The summed E-state index contributed by atoms with van der Waals surface area (Å²) in [7, 11) is 1.38. The number of hydrogen-bond donors (Lipinski definition) is 0. The third-order valence-corrected chi connectivity index (χ3v) is 4.75. The van der Waals surface area contributed by atoms with Crippen LogP contribution < -0.4 is 0 Å². The normalized spacial score (nSPS) is 26.6. The van der Waals surface area contributed by atoms with Gasteiger partial charge >= 0.3 is 5.97 Å². The van der Waals surface area contributed by atoms with Crippen LogP contribution in [-0.2, 0) is 19.0 Å². The second-order valence-corrected chi connectivity index (χ2v) is 6.12. The van der Waals surface area contributed by atoms with Crippen LogP contribution >= 0.6 is 0 Å². The second-order valence-electron chi connectivity index (χ2n) is 6.12. The SMILES string of the molecule is CCOC1OC1CC(C(=O)OC)([C@H](C)C#N)[C@@H](C)C(C)C. The fourth-order valence-electron chi connectivity index (χ4n) is 3.02. The van der Waals surface area contributed by atoms with E-state index in [2.05, 4.69) is 19.9 Å². The van der Waals surface area contributed by atoms with E-state index < -0.39 is 11.3 Å². The highest BCUT2D eigenvalue weighted by atomic mass is 16.8. The molecule has 1 fully saturated rings. The molecule has 0 aromatic carbocycles. The second kappa shape index (κ2) is 7.24. The average Bonchev–Trinajstić information content (AvgIpc) is 3.20. The van der Waals surface area contributed by atoms with Gasteiger partial charge < -0.3 is 14.2 Å². The van der Waals surface area contributed by atoms with E-state index >= 15 is 0 Å². The topological polar surface area (TPSA) is 71.8 Å². The van der Waals surface area contributed by atoms with Crippen molar-refractivity contribution in [3.05, 3.63) is 0 Å². The molecule has 120 valence electrons. The summed E-state index contributed by atoms with van der Waals surface area (Å²) >= 11 is 0. The lowest BCUT2D eigenvalue weighted by atomic mass is 9.62. The van der Waals surface area contributed by atoms with Crippen molar-refractivity contribution in [2.24, 2.45) is 23.2 Å². The molecule has 5 atom stereocenters. The molecular weight excluding hydrogens is 270 g/mol. The summed E-state index contributed by atoms with van der Waals surface area (Å²) < 4.78 is 16.0. The van der Waals surface area contributed by atoms with E-state index in [0.717, 1.165) is 0 Å². The number of esters is 1. The van der Waals surface area contributed by atoms with Crippen molar-refractivity contribution >= 4 is 5.97 Å². The molecule has 0 saturated carbocycles. The summed E-state index contributed by atoms with van der Waals surface area (Å²) in [5, 5.41) is 9.42. The number of ether oxygens (including phenoxy) is 3. The largest absolute Gasteiger partial charge is 0.469 e. The molecule has 0 bridgehead atoms. The van der Waals surface area contributed by atoms with Gasteiger partial charge in [0.15, 0.2) is 6.29 Å². The summed E-state index contributed by atoms with van der Waals surface area (Å²) in [6.07, 6.45) is 0.0589. The first-order chi connectivity index (χ1) is 9.84. The third kappa shape index (κ3) is 3.56. The first-order valence-corrected chi connectivity index (χ1v) is 7.60. The molecule has 0 N–H and O–H groups in total. The van der Waals surface area contributed by atoms with Gasteiger partial charge in [0.2, 0.25) is 0 Å². The smallest absolute Gasteiger partial charge is 0.313 e. The van der Waals surface area contributed by atoms with Gasteiger partial charge in [0.05, 0.1) is 24.5 Å². The van der Waals surface area contributed by atoms with Crippen LogP contribution in [0.4, 0.5) is 0 Å². The van der Waals surface area contributed by atoms with Crippen LogP contribution in [0, 0.1) is 34.5 Å². The summed E-state index contributed by atoms with van der Waals surface area (Å²) in [5.74, 6) is -0.521. The van der Waals surface area contributed by atoms with Crippen molar-refractivity contribution < 1.29 is 19.0 Å². The predicted molar refractivity (Wildman–Crippen MR) is 78.1 cm³/mol. The lowest BCUT2D eigenvalue weighted by Crippen LogP contribution is -2.46. The van der Waals surface area contributed by atoms with Crippen molar-refractivity contribution in [3.63, 3.8) is 0 Å². The van der Waals surface area contributed by atoms with Crippen LogP contribution in [0.3, 0.4) is 0 Å². The fourth-order valence-corrected chi connectivity index (χ4v) is 3.02. The lowest BCUT2D eigenvalue weighted by Gasteiger charge is -2.40. The number of carbonyl (C=O) groups excluding carboxylic acids is 1. The van der Waals surface area contributed by atoms with E-state index in [0.29, 0.717) is 13.0 Å². The van der Waals surface area contributed by atoms with Gasteiger partial charge in [-0.3, -0.25) is 4.79 Å². The molecule has 0 radical (unpaired) electrons. The minimum atomic E-state index is -0.867. The highest BCUT2D eigenvalue weighted by Gasteiger charge is 2.56. The lowest BCUT2D eigenvalue weighted by molar-refractivity contribution is -0.161. The summed E-state index contributed by atoms with van der Waals surface area (Å²) in [6, 6.07) is 2.24. The van der Waals surface area contributed by atoms with Gasteiger partial charge in [0.25, 0.3) is 0 Å². The maximum absolute atomic E-state index is 12.5. The molecule has 1 heterocycles. The quantitative estimate of drug-likeness (QED) is 0.509. The van der Waals surface area contributed by atoms with Crippen molar-refractivity contribution in [2.45, 2.75) is 53.4 Å². The van der Waals surface area contributed by atoms with Gasteiger partial charge in [0.1, 0.15) is 6.10 Å². The van der Waals surface area contributed by atoms with Crippen LogP contribution in [0.15, 0.2) is 0 Å². The molecule has 1 saturated heterocycles. The Kier molecular flexibility index (Phi) is 6.18. The Morgan fingerprint density at radius 1 is 1.38 bits per heavy atom. The Balaban J connectivity index is 3.07. The summed E-state index contributed by atoms with van der Waals surface area (Å²) in [5.41, 5.74) is -0.867. The van der Waals surface area contributed by atoms with Crippen molar-refractivity contribution in [2.75, 3.05) is 13.7 Å². The third-order valence-electron chi connectivity index (χ3n) is 4.75. The van der Waals surface area contributed by atoms with Crippen LogP contribution in [0.5, 0.6) is 0 Å². The molecule has 5 heteroatoms. The Labute approximate surface area is 127 Å². The maximum Gasteiger partial charge on any atom is 0.313 e. The van der Waals surface area contributed by atoms with Crippen molar-refractivity contribution in [1.82, 2.24) is 0 Å². The molecule has 0 amide bonds. The van der Waals surface area contributed by atoms with Crippen LogP contribution in [-0.4, -0.2) is 32.1 Å². The first-order valence-electron chi connectivity index (χ1n) is 7.60. The highest BCUT2D eigenvalue weighted by molar-refractivity contribution is 5.78.